The van der Waals surface area contributed by atoms with Crippen molar-refractivity contribution in [2.24, 2.45) is 0 Å². The van der Waals surface area contributed by atoms with Crippen molar-refractivity contribution in [1.29, 1.82) is 0 Å². The van der Waals surface area contributed by atoms with Crippen molar-refractivity contribution in [2.45, 2.75) is 26.4 Å². The monoisotopic (exact) mass is 360 g/mol. The van der Waals surface area contributed by atoms with Crippen LogP contribution in [0.25, 0.3) is 0 Å². The molecule has 1 atom stereocenters. The molecule has 0 saturated carbocycles. The van der Waals surface area contributed by atoms with Crippen LogP contribution >= 0.6 is 7.80 Å². The number of carbonyl (C=O) groups is 1. The van der Waals surface area contributed by atoms with E-state index < -0.39 is 24.4 Å². The highest BCUT2D eigenvalue weighted by atomic mass is 31.1. The molecule has 0 bridgehead atoms. The quantitative estimate of drug-likeness (QED) is 0.441. The third-order valence-corrected chi connectivity index (χ3v) is 5.45. The van der Waals surface area contributed by atoms with E-state index in [-0.39, 0.29) is 16.7 Å². The van der Waals surface area contributed by atoms with Crippen LogP contribution in [0.5, 0.6) is 0 Å². The zero-order valence-corrected chi connectivity index (χ0v) is 15.0. The number of benzene rings is 2. The van der Waals surface area contributed by atoms with Gasteiger partial charge in [0.25, 0.3) is 5.69 Å². The topological polar surface area (TPSA) is 89.8 Å². The molecule has 0 N–H and O–H groups in total. The maximum atomic E-state index is 12.9. The first-order chi connectivity index (χ1) is 11.7. The van der Waals surface area contributed by atoms with Gasteiger partial charge in [-0.2, -0.15) is 0 Å². The number of nitro groups is 1. The average Bonchev–Trinajstić information content (AvgIpc) is 2.53. The van der Waals surface area contributed by atoms with Crippen LogP contribution < -0.4 is 15.5 Å². The maximum absolute atomic E-state index is 12.9. The third kappa shape index (κ3) is 3.03. The van der Waals surface area contributed by atoms with Crippen molar-refractivity contribution in [3.63, 3.8) is 0 Å². The van der Waals surface area contributed by atoms with E-state index in [0.717, 1.165) is 4.90 Å². The molecule has 1 aliphatic rings. The molecule has 2 aromatic carbocycles. The highest BCUT2D eigenvalue weighted by Crippen LogP contribution is 2.43. The number of amides is 1. The molecule has 0 saturated heterocycles. The van der Waals surface area contributed by atoms with E-state index in [4.69, 9.17) is 4.74 Å². The second-order valence-electron chi connectivity index (χ2n) is 6.59. The number of nitrogens with zero attached hydrogens (tertiary/aromatic N) is 2. The van der Waals surface area contributed by atoms with E-state index >= 15 is 0 Å². The molecule has 130 valence electrons. The minimum absolute atomic E-state index is 0.0179. The lowest BCUT2D eigenvalue weighted by atomic mass is 10.2. The standard InChI is InChI=1S/C17H17N2O5P/c1-17(2,3)24-16(20)18-11-7-4-5-9-13(11)25(23)14-10-6-8-12(15(14)18)19(21)22/h4-10,25H,1-3H3. The van der Waals surface area contributed by atoms with Crippen LogP contribution in [0.4, 0.5) is 21.9 Å². The zero-order valence-electron chi connectivity index (χ0n) is 14.0. The van der Waals surface area contributed by atoms with Crippen LogP contribution in [0.2, 0.25) is 0 Å². The first-order valence-corrected chi connectivity index (χ1v) is 9.06. The van der Waals surface area contributed by atoms with Crippen molar-refractivity contribution < 1.29 is 19.0 Å². The predicted octanol–water partition coefficient (Wildman–Crippen LogP) is 3.49. The summed E-state index contributed by atoms with van der Waals surface area (Å²) in [7, 11) is -2.47. The molecule has 25 heavy (non-hydrogen) atoms. The highest BCUT2D eigenvalue weighted by Gasteiger charge is 2.38. The van der Waals surface area contributed by atoms with Gasteiger partial charge in [-0.15, -0.1) is 0 Å². The molecule has 1 heterocycles. The Morgan fingerprint density at radius 1 is 1.12 bits per heavy atom. The fraction of sp³-hybridized carbons (Fsp3) is 0.235. The van der Waals surface area contributed by atoms with Crippen LogP contribution in [0.1, 0.15) is 20.8 Å². The van der Waals surface area contributed by atoms with Crippen LogP contribution in [0.3, 0.4) is 0 Å². The smallest absolute Gasteiger partial charge is 0.419 e. The first-order valence-electron chi connectivity index (χ1n) is 7.65. The number of nitro benzene ring substituents is 1. The fourth-order valence-corrected chi connectivity index (χ4v) is 4.39. The number of hydrogen-bond acceptors (Lipinski definition) is 5. The minimum atomic E-state index is -2.47. The summed E-state index contributed by atoms with van der Waals surface area (Å²) in [6, 6.07) is 11.0. The second kappa shape index (κ2) is 6.01. The van der Waals surface area contributed by atoms with Gasteiger partial charge < -0.3 is 9.30 Å². The van der Waals surface area contributed by atoms with Gasteiger partial charge in [-0.05, 0) is 39.0 Å². The third-order valence-electron chi connectivity index (χ3n) is 3.65. The Balaban J connectivity index is 2.28. The van der Waals surface area contributed by atoms with Crippen molar-refractivity contribution in [3.05, 3.63) is 52.6 Å². The molecule has 1 aliphatic heterocycles. The lowest BCUT2D eigenvalue weighted by Crippen LogP contribution is -2.40. The number of carbonyl (C=O) groups excluding carboxylic acids is 1. The summed E-state index contributed by atoms with van der Waals surface area (Å²) in [5.74, 6) is 0. The molecular weight excluding hydrogens is 343 g/mol. The predicted molar refractivity (Wildman–Crippen MR) is 96.2 cm³/mol. The van der Waals surface area contributed by atoms with E-state index in [1.165, 1.54) is 12.1 Å². The van der Waals surface area contributed by atoms with Crippen molar-refractivity contribution in [1.82, 2.24) is 0 Å². The average molecular weight is 360 g/mol. The van der Waals surface area contributed by atoms with E-state index in [1.54, 1.807) is 51.1 Å². The normalized spacial score (nSPS) is 16.0. The van der Waals surface area contributed by atoms with Gasteiger partial charge in [-0.3, -0.25) is 10.1 Å². The lowest BCUT2D eigenvalue weighted by molar-refractivity contribution is -0.384. The maximum Gasteiger partial charge on any atom is 0.419 e. The molecule has 7 nitrogen and oxygen atoms in total. The van der Waals surface area contributed by atoms with Crippen molar-refractivity contribution in [3.8, 4) is 0 Å². The Bertz CT molecular complexity index is 904. The van der Waals surface area contributed by atoms with E-state index in [2.05, 4.69) is 0 Å². The van der Waals surface area contributed by atoms with Gasteiger partial charge in [-0.25, -0.2) is 9.69 Å². The Morgan fingerprint density at radius 3 is 2.40 bits per heavy atom. The fourth-order valence-electron chi connectivity index (χ4n) is 2.72. The molecule has 0 fully saturated rings. The number of fused-ring (bicyclic) bond motifs is 2. The summed E-state index contributed by atoms with van der Waals surface area (Å²) < 4.78 is 18.4. The SMILES string of the molecule is CC(C)(C)OC(=O)N1c2ccccc2[PH](=O)c2cccc([N+](=O)[O-])c21. The largest absolute Gasteiger partial charge is 0.443 e. The van der Waals surface area contributed by atoms with Gasteiger partial charge in [-0.1, -0.05) is 18.2 Å². The molecule has 3 rings (SSSR count). The summed E-state index contributed by atoms with van der Waals surface area (Å²) in [5, 5.41) is 12.2. The number of anilines is 2. The summed E-state index contributed by atoms with van der Waals surface area (Å²) in [6.45, 7) is 5.14. The van der Waals surface area contributed by atoms with Gasteiger partial charge in [0.15, 0.2) is 0 Å². The van der Waals surface area contributed by atoms with Gasteiger partial charge >= 0.3 is 6.09 Å². The highest BCUT2D eigenvalue weighted by molar-refractivity contribution is 7.62. The van der Waals surface area contributed by atoms with Crippen molar-refractivity contribution >= 4 is 41.6 Å². The Labute approximate surface area is 145 Å². The summed E-state index contributed by atoms with van der Waals surface area (Å²) in [5.41, 5.74) is -0.693. The molecule has 0 spiro atoms. The second-order valence-corrected chi connectivity index (χ2v) is 8.33. The molecule has 0 aromatic heterocycles. The molecule has 1 unspecified atom stereocenters. The number of ether oxygens (including phenoxy) is 1. The van der Waals surface area contributed by atoms with Crippen LogP contribution in [0.15, 0.2) is 42.5 Å². The molecule has 8 heteroatoms. The van der Waals surface area contributed by atoms with Crippen molar-refractivity contribution in [2.75, 3.05) is 4.90 Å². The van der Waals surface area contributed by atoms with Gasteiger partial charge in [0.1, 0.15) is 19.1 Å². The summed E-state index contributed by atoms with van der Waals surface area (Å²) in [4.78, 5) is 24.9. The molecule has 2 aromatic rings. The van der Waals surface area contributed by atoms with Gasteiger partial charge in [0.2, 0.25) is 0 Å². The summed E-state index contributed by atoms with van der Waals surface area (Å²) in [6.07, 6.45) is -0.745. The van der Waals surface area contributed by atoms with Crippen LogP contribution in [-0.4, -0.2) is 16.6 Å². The molecule has 1 amide bonds. The Hall–Kier alpha value is -2.66. The first kappa shape index (κ1) is 17.2. The molecular formula is C17H17N2O5P. The van der Waals surface area contributed by atoms with Crippen LogP contribution in [0, 0.1) is 10.1 Å². The zero-order chi connectivity index (χ0) is 18.4. The Morgan fingerprint density at radius 2 is 1.76 bits per heavy atom. The van der Waals surface area contributed by atoms with E-state index in [1.807, 2.05) is 0 Å². The van der Waals surface area contributed by atoms with E-state index in [0.29, 0.717) is 11.0 Å². The van der Waals surface area contributed by atoms with Crippen LogP contribution in [-0.2, 0) is 9.30 Å². The molecule has 0 aliphatic carbocycles. The number of para-hydroxylation sites is 2. The number of rotatable bonds is 1. The minimum Gasteiger partial charge on any atom is -0.443 e. The van der Waals surface area contributed by atoms with Gasteiger partial charge in [0, 0.05) is 16.7 Å². The van der Waals surface area contributed by atoms with E-state index in [9.17, 15) is 19.5 Å². The Kier molecular flexibility index (Phi) is 4.13. The summed E-state index contributed by atoms with van der Waals surface area (Å²) >= 11 is 0. The lowest BCUT2D eigenvalue weighted by Gasteiger charge is -2.32. The van der Waals surface area contributed by atoms with Gasteiger partial charge in [0.05, 0.1) is 10.6 Å². The molecule has 0 radical (unpaired) electrons. The number of hydrogen-bond donors (Lipinski definition) is 0.